The van der Waals surface area contributed by atoms with E-state index in [9.17, 15) is 9.59 Å². The number of ether oxygens (including phenoxy) is 1. The minimum atomic E-state index is -0.985. The highest BCUT2D eigenvalue weighted by atomic mass is 16.5. The number of hydrogen-bond acceptors (Lipinski definition) is 4. The molecule has 2 amide bonds. The number of hydrogen-bond donors (Lipinski definition) is 2. The maximum absolute atomic E-state index is 12.1. The number of urea groups is 1. The average Bonchev–Trinajstić information content (AvgIpc) is 2.42. The lowest BCUT2D eigenvalue weighted by atomic mass is 9.97. The van der Waals surface area contributed by atoms with E-state index in [1.807, 2.05) is 6.92 Å². The van der Waals surface area contributed by atoms with Crippen molar-refractivity contribution in [2.24, 2.45) is 0 Å². The number of rotatable bonds is 5. The Balaban J connectivity index is 1.72. The zero-order chi connectivity index (χ0) is 15.5. The smallest absolute Gasteiger partial charge is 0.329 e. The standard InChI is InChI=1S/C14H25N3O4/c1-3-16-6-4-5-11(7-16)15-13(20)17-9-14(2,10-17)21-8-12(18)19/h11H,3-10H2,1-2H3,(H,15,20)(H,18,19). The third-order valence-corrected chi connectivity index (χ3v) is 4.16. The van der Waals surface area contributed by atoms with E-state index in [-0.39, 0.29) is 18.7 Å². The van der Waals surface area contributed by atoms with Crippen molar-refractivity contribution in [3.05, 3.63) is 0 Å². The molecule has 2 fully saturated rings. The van der Waals surface area contributed by atoms with E-state index in [2.05, 4.69) is 17.1 Å². The minimum absolute atomic E-state index is 0.0747. The van der Waals surface area contributed by atoms with Gasteiger partial charge in [0.2, 0.25) is 0 Å². The van der Waals surface area contributed by atoms with Gasteiger partial charge in [0.25, 0.3) is 0 Å². The average molecular weight is 299 g/mol. The maximum atomic E-state index is 12.1. The Bertz CT molecular complexity index is 396. The van der Waals surface area contributed by atoms with Crippen molar-refractivity contribution in [1.29, 1.82) is 0 Å². The summed E-state index contributed by atoms with van der Waals surface area (Å²) in [5, 5.41) is 11.7. The number of carboxylic acids is 1. The summed E-state index contributed by atoms with van der Waals surface area (Å²) in [4.78, 5) is 26.7. The minimum Gasteiger partial charge on any atom is -0.480 e. The summed E-state index contributed by atoms with van der Waals surface area (Å²) in [6.07, 6.45) is 2.13. The molecule has 0 bridgehead atoms. The van der Waals surface area contributed by atoms with E-state index >= 15 is 0 Å². The molecule has 2 saturated heterocycles. The first-order chi connectivity index (χ1) is 9.92. The van der Waals surface area contributed by atoms with Crippen molar-refractivity contribution >= 4 is 12.0 Å². The Labute approximate surface area is 125 Å². The summed E-state index contributed by atoms with van der Waals surface area (Å²) < 4.78 is 5.30. The number of carbonyl (C=O) groups is 2. The second kappa shape index (κ2) is 6.62. The Hall–Kier alpha value is -1.34. The first kappa shape index (κ1) is 16.0. The largest absolute Gasteiger partial charge is 0.480 e. The third kappa shape index (κ3) is 4.31. The molecule has 0 aromatic heterocycles. The predicted molar refractivity (Wildman–Crippen MR) is 77.2 cm³/mol. The van der Waals surface area contributed by atoms with Gasteiger partial charge >= 0.3 is 12.0 Å². The van der Waals surface area contributed by atoms with Gasteiger partial charge in [-0.15, -0.1) is 0 Å². The van der Waals surface area contributed by atoms with Crippen LogP contribution in [0.4, 0.5) is 4.79 Å². The van der Waals surface area contributed by atoms with E-state index in [0.29, 0.717) is 13.1 Å². The number of nitrogens with zero attached hydrogens (tertiary/aromatic N) is 2. The van der Waals surface area contributed by atoms with Crippen LogP contribution in [0.2, 0.25) is 0 Å². The lowest BCUT2D eigenvalue weighted by Crippen LogP contribution is -2.66. The van der Waals surface area contributed by atoms with Crippen LogP contribution in [-0.2, 0) is 9.53 Å². The van der Waals surface area contributed by atoms with Gasteiger partial charge in [0.1, 0.15) is 12.2 Å². The lowest BCUT2D eigenvalue weighted by Gasteiger charge is -2.47. The van der Waals surface area contributed by atoms with Gasteiger partial charge in [0, 0.05) is 12.6 Å². The molecule has 0 radical (unpaired) electrons. The van der Waals surface area contributed by atoms with Crippen LogP contribution in [0.3, 0.4) is 0 Å². The molecule has 2 heterocycles. The SMILES string of the molecule is CCN1CCCC(NC(=O)N2CC(C)(OCC(=O)O)C2)C1. The van der Waals surface area contributed by atoms with E-state index in [1.54, 1.807) is 4.90 Å². The summed E-state index contributed by atoms with van der Waals surface area (Å²) in [5.41, 5.74) is -0.530. The molecule has 0 saturated carbocycles. The number of nitrogens with one attached hydrogen (secondary N) is 1. The number of carbonyl (C=O) groups excluding carboxylic acids is 1. The number of likely N-dealkylation sites (N-methyl/N-ethyl adjacent to an activating group) is 1. The molecule has 7 nitrogen and oxygen atoms in total. The van der Waals surface area contributed by atoms with Gasteiger partial charge in [0.05, 0.1) is 13.1 Å². The molecule has 0 spiro atoms. The van der Waals surface area contributed by atoms with Gasteiger partial charge in [-0.1, -0.05) is 6.92 Å². The van der Waals surface area contributed by atoms with Crippen LogP contribution in [0, 0.1) is 0 Å². The second-order valence-electron chi connectivity index (χ2n) is 6.17. The molecule has 1 unspecified atom stereocenters. The molecule has 2 aliphatic heterocycles. The van der Waals surface area contributed by atoms with Crippen molar-refractivity contribution in [3.8, 4) is 0 Å². The Morgan fingerprint density at radius 2 is 2.14 bits per heavy atom. The van der Waals surface area contributed by atoms with Crippen molar-refractivity contribution in [2.45, 2.75) is 38.3 Å². The zero-order valence-corrected chi connectivity index (χ0v) is 12.8. The number of carboxylic acid groups (broad SMARTS) is 1. The fourth-order valence-corrected chi connectivity index (χ4v) is 2.96. The van der Waals surface area contributed by atoms with Crippen molar-refractivity contribution in [3.63, 3.8) is 0 Å². The normalized spacial score (nSPS) is 25.2. The first-order valence-electron chi connectivity index (χ1n) is 7.55. The molecule has 2 N–H and O–H groups in total. The Morgan fingerprint density at radius 1 is 1.43 bits per heavy atom. The first-order valence-corrected chi connectivity index (χ1v) is 7.55. The van der Waals surface area contributed by atoms with Crippen LogP contribution in [0.15, 0.2) is 0 Å². The number of piperidine rings is 1. The van der Waals surface area contributed by atoms with Crippen LogP contribution in [0.5, 0.6) is 0 Å². The summed E-state index contributed by atoms with van der Waals surface area (Å²) in [6.45, 7) is 7.55. The van der Waals surface area contributed by atoms with Gasteiger partial charge in [-0.05, 0) is 32.9 Å². The predicted octanol–water partition coefficient (Wildman–Crippen LogP) is 0.356. The molecule has 1 atom stereocenters. The van der Waals surface area contributed by atoms with E-state index < -0.39 is 11.6 Å². The van der Waals surface area contributed by atoms with Gasteiger partial charge in [0.15, 0.2) is 0 Å². The molecule has 0 aliphatic carbocycles. The monoisotopic (exact) mass is 299 g/mol. The Morgan fingerprint density at radius 3 is 2.76 bits per heavy atom. The molecule has 2 rings (SSSR count). The van der Waals surface area contributed by atoms with Crippen LogP contribution in [0.25, 0.3) is 0 Å². The maximum Gasteiger partial charge on any atom is 0.329 e. The van der Waals surface area contributed by atoms with Crippen molar-refractivity contribution in [2.75, 3.05) is 39.3 Å². The van der Waals surface area contributed by atoms with Gasteiger partial charge in [-0.25, -0.2) is 9.59 Å². The number of likely N-dealkylation sites (tertiary alicyclic amines) is 2. The molecule has 0 aromatic rings. The highest BCUT2D eigenvalue weighted by Gasteiger charge is 2.43. The topological polar surface area (TPSA) is 82.1 Å². The van der Waals surface area contributed by atoms with E-state index in [1.165, 1.54) is 0 Å². The third-order valence-electron chi connectivity index (χ3n) is 4.16. The summed E-state index contributed by atoms with van der Waals surface area (Å²) >= 11 is 0. The summed E-state index contributed by atoms with van der Waals surface area (Å²) in [7, 11) is 0. The van der Waals surface area contributed by atoms with Crippen LogP contribution in [-0.4, -0.2) is 77.9 Å². The molecular formula is C14H25N3O4. The molecule has 2 aliphatic rings. The van der Waals surface area contributed by atoms with Crippen LogP contribution in [0.1, 0.15) is 26.7 Å². The van der Waals surface area contributed by atoms with Crippen LogP contribution < -0.4 is 5.32 Å². The molecular weight excluding hydrogens is 274 g/mol. The van der Waals surface area contributed by atoms with Gasteiger partial charge < -0.3 is 25.0 Å². The van der Waals surface area contributed by atoms with Crippen LogP contribution >= 0.6 is 0 Å². The van der Waals surface area contributed by atoms with Crippen molar-refractivity contribution < 1.29 is 19.4 Å². The fourth-order valence-electron chi connectivity index (χ4n) is 2.96. The summed E-state index contributed by atoms with van der Waals surface area (Å²) in [5.74, 6) is -0.985. The van der Waals surface area contributed by atoms with E-state index in [4.69, 9.17) is 9.84 Å². The van der Waals surface area contributed by atoms with Gasteiger partial charge in [-0.3, -0.25) is 0 Å². The highest BCUT2D eigenvalue weighted by Crippen LogP contribution is 2.24. The Kier molecular flexibility index (Phi) is 5.05. The molecule has 7 heteroatoms. The number of amides is 2. The molecule has 21 heavy (non-hydrogen) atoms. The second-order valence-corrected chi connectivity index (χ2v) is 6.17. The van der Waals surface area contributed by atoms with Gasteiger partial charge in [-0.2, -0.15) is 0 Å². The summed E-state index contributed by atoms with van der Waals surface area (Å²) in [6, 6.07) is 0.132. The highest BCUT2D eigenvalue weighted by molar-refractivity contribution is 5.76. The molecule has 120 valence electrons. The molecule has 0 aromatic carbocycles. The zero-order valence-electron chi connectivity index (χ0n) is 12.8. The van der Waals surface area contributed by atoms with E-state index in [0.717, 1.165) is 32.5 Å². The quantitative estimate of drug-likeness (QED) is 0.766. The van der Waals surface area contributed by atoms with Crippen molar-refractivity contribution in [1.82, 2.24) is 15.1 Å². The fraction of sp³-hybridized carbons (Fsp3) is 0.857. The number of aliphatic carboxylic acids is 1. The lowest BCUT2D eigenvalue weighted by molar-refractivity contribution is -0.159.